The quantitative estimate of drug-likeness (QED) is 0.598. The highest BCUT2D eigenvalue weighted by Gasteiger charge is 2.05. The highest BCUT2D eigenvalue weighted by molar-refractivity contribution is 7.16. The van der Waals surface area contributed by atoms with E-state index in [0.717, 1.165) is 15.8 Å². The first-order valence-corrected chi connectivity index (χ1v) is 8.88. The SMILES string of the molecule is Cn1/c(=N/NC(=O)CNC(=O)NCc2ccccc2)sc2ccccc21. The van der Waals surface area contributed by atoms with Gasteiger partial charge in [0.2, 0.25) is 4.80 Å². The van der Waals surface area contributed by atoms with Crippen LogP contribution in [0.4, 0.5) is 4.79 Å². The zero-order valence-electron chi connectivity index (χ0n) is 14.2. The van der Waals surface area contributed by atoms with Gasteiger partial charge < -0.3 is 15.2 Å². The maximum atomic E-state index is 11.9. The van der Waals surface area contributed by atoms with E-state index in [1.165, 1.54) is 11.3 Å². The summed E-state index contributed by atoms with van der Waals surface area (Å²) in [7, 11) is 1.89. The highest BCUT2D eigenvalue weighted by atomic mass is 32.1. The fraction of sp³-hybridized carbons (Fsp3) is 0.167. The molecule has 3 rings (SSSR count). The lowest BCUT2D eigenvalue weighted by Crippen LogP contribution is -2.41. The Morgan fingerprint density at radius 1 is 1.04 bits per heavy atom. The molecular weight excluding hydrogens is 350 g/mol. The maximum Gasteiger partial charge on any atom is 0.315 e. The second-order valence-corrected chi connectivity index (χ2v) is 6.59. The normalized spacial score (nSPS) is 11.3. The Balaban J connectivity index is 1.49. The number of hydrogen-bond donors (Lipinski definition) is 3. The molecule has 0 radical (unpaired) electrons. The van der Waals surface area contributed by atoms with Gasteiger partial charge in [0.25, 0.3) is 5.91 Å². The molecule has 0 spiro atoms. The first-order valence-electron chi connectivity index (χ1n) is 8.06. The van der Waals surface area contributed by atoms with Crippen molar-refractivity contribution in [1.29, 1.82) is 0 Å². The summed E-state index contributed by atoms with van der Waals surface area (Å²) in [4.78, 5) is 24.3. The number of para-hydroxylation sites is 1. The van der Waals surface area contributed by atoms with Crippen molar-refractivity contribution < 1.29 is 9.59 Å². The van der Waals surface area contributed by atoms with Crippen LogP contribution in [0.15, 0.2) is 59.7 Å². The number of amides is 3. The molecule has 0 aliphatic heterocycles. The van der Waals surface area contributed by atoms with Crippen molar-refractivity contribution in [3.63, 3.8) is 0 Å². The van der Waals surface area contributed by atoms with E-state index < -0.39 is 11.9 Å². The first kappa shape index (κ1) is 17.7. The molecule has 8 heteroatoms. The summed E-state index contributed by atoms with van der Waals surface area (Å²) in [6.07, 6.45) is 0. The van der Waals surface area contributed by atoms with Crippen LogP contribution >= 0.6 is 11.3 Å². The van der Waals surface area contributed by atoms with Crippen molar-refractivity contribution in [2.45, 2.75) is 6.54 Å². The van der Waals surface area contributed by atoms with Gasteiger partial charge in [-0.1, -0.05) is 53.8 Å². The number of rotatable bonds is 5. The molecule has 7 nitrogen and oxygen atoms in total. The average Bonchev–Trinajstić information content (AvgIpc) is 3.00. The fourth-order valence-electron chi connectivity index (χ4n) is 2.34. The number of carbonyl (C=O) groups is 2. The smallest absolute Gasteiger partial charge is 0.315 e. The van der Waals surface area contributed by atoms with Crippen LogP contribution in [0.3, 0.4) is 0 Å². The van der Waals surface area contributed by atoms with Crippen molar-refractivity contribution in [2.75, 3.05) is 6.54 Å². The number of hydrogen-bond acceptors (Lipinski definition) is 4. The molecule has 0 saturated heterocycles. The van der Waals surface area contributed by atoms with Crippen LogP contribution < -0.4 is 20.9 Å². The molecule has 0 aliphatic rings. The Hall–Kier alpha value is -3.13. The lowest BCUT2D eigenvalue weighted by atomic mass is 10.2. The average molecular weight is 369 g/mol. The second-order valence-electron chi connectivity index (χ2n) is 5.58. The Bertz CT molecular complexity index is 978. The molecule has 0 aliphatic carbocycles. The number of benzene rings is 2. The van der Waals surface area contributed by atoms with E-state index in [1.807, 2.05) is 66.2 Å². The monoisotopic (exact) mass is 369 g/mol. The van der Waals surface area contributed by atoms with Gasteiger partial charge in [0, 0.05) is 13.6 Å². The standard InChI is InChI=1S/C18H19N5O2S/c1-23-14-9-5-6-10-15(14)26-18(23)22-21-16(24)12-20-17(25)19-11-13-7-3-2-4-8-13/h2-10H,11-12H2,1H3,(H,21,24)(H2,19,20,25)/b22-18-. The molecule has 3 amide bonds. The second kappa shape index (κ2) is 8.30. The number of carbonyl (C=O) groups excluding carboxylic acids is 2. The van der Waals surface area contributed by atoms with Gasteiger partial charge in [0.15, 0.2) is 0 Å². The predicted octanol–water partition coefficient (Wildman–Crippen LogP) is 1.67. The third-order valence-corrected chi connectivity index (χ3v) is 4.81. The summed E-state index contributed by atoms with van der Waals surface area (Å²) in [5, 5.41) is 9.32. The first-order chi connectivity index (χ1) is 12.6. The number of aromatic nitrogens is 1. The van der Waals surface area contributed by atoms with Gasteiger partial charge >= 0.3 is 6.03 Å². The summed E-state index contributed by atoms with van der Waals surface area (Å²) in [6, 6.07) is 17.0. The Labute approximate surface area is 154 Å². The van der Waals surface area contributed by atoms with Crippen molar-refractivity contribution >= 4 is 33.5 Å². The van der Waals surface area contributed by atoms with Gasteiger partial charge in [-0.05, 0) is 17.7 Å². The highest BCUT2D eigenvalue weighted by Crippen LogP contribution is 2.14. The third-order valence-electron chi connectivity index (χ3n) is 3.70. The van der Waals surface area contributed by atoms with E-state index >= 15 is 0 Å². The Morgan fingerprint density at radius 3 is 2.54 bits per heavy atom. The summed E-state index contributed by atoms with van der Waals surface area (Å²) in [5.41, 5.74) is 4.49. The zero-order chi connectivity index (χ0) is 18.4. The van der Waals surface area contributed by atoms with Crippen LogP contribution in [-0.4, -0.2) is 23.1 Å². The van der Waals surface area contributed by atoms with Gasteiger partial charge in [0.1, 0.15) is 6.54 Å². The van der Waals surface area contributed by atoms with E-state index in [0.29, 0.717) is 11.3 Å². The van der Waals surface area contributed by atoms with E-state index in [1.54, 1.807) is 0 Å². The number of urea groups is 1. The van der Waals surface area contributed by atoms with E-state index in [9.17, 15) is 9.59 Å². The zero-order valence-corrected chi connectivity index (χ0v) is 15.0. The van der Waals surface area contributed by atoms with Crippen LogP contribution in [0.2, 0.25) is 0 Å². The molecular formula is C18H19N5O2S. The molecule has 3 N–H and O–H groups in total. The van der Waals surface area contributed by atoms with Crippen LogP contribution in [0.5, 0.6) is 0 Å². The molecule has 1 heterocycles. The summed E-state index contributed by atoms with van der Waals surface area (Å²) < 4.78 is 2.99. The molecule has 0 unspecified atom stereocenters. The van der Waals surface area contributed by atoms with E-state index in [-0.39, 0.29) is 6.54 Å². The largest absolute Gasteiger partial charge is 0.334 e. The summed E-state index contributed by atoms with van der Waals surface area (Å²) in [6.45, 7) is 0.245. The number of aryl methyl sites for hydroxylation is 1. The molecule has 0 fully saturated rings. The lowest BCUT2D eigenvalue weighted by molar-refractivity contribution is -0.120. The Morgan fingerprint density at radius 2 is 1.77 bits per heavy atom. The summed E-state index contributed by atoms with van der Waals surface area (Å²) >= 11 is 1.48. The van der Waals surface area contributed by atoms with Gasteiger partial charge in [-0.2, -0.15) is 0 Å². The molecule has 26 heavy (non-hydrogen) atoms. The number of nitrogens with one attached hydrogen (secondary N) is 3. The predicted molar refractivity (Wildman–Crippen MR) is 101 cm³/mol. The maximum absolute atomic E-state index is 11.9. The molecule has 0 atom stereocenters. The van der Waals surface area contributed by atoms with Crippen molar-refractivity contribution in [1.82, 2.24) is 20.6 Å². The molecule has 0 saturated carbocycles. The molecule has 1 aromatic heterocycles. The molecule has 134 valence electrons. The molecule has 3 aromatic rings. The van der Waals surface area contributed by atoms with E-state index in [4.69, 9.17) is 0 Å². The van der Waals surface area contributed by atoms with Crippen molar-refractivity contribution in [2.24, 2.45) is 12.1 Å². The number of nitrogens with zero attached hydrogens (tertiary/aromatic N) is 2. The summed E-state index contributed by atoms with van der Waals surface area (Å²) in [5.74, 6) is -0.391. The van der Waals surface area contributed by atoms with Gasteiger partial charge in [-0.3, -0.25) is 4.79 Å². The molecule has 0 bridgehead atoms. The lowest BCUT2D eigenvalue weighted by Gasteiger charge is -2.06. The van der Waals surface area contributed by atoms with Crippen molar-refractivity contribution in [3.05, 3.63) is 65.0 Å². The van der Waals surface area contributed by atoms with Crippen LogP contribution in [0.25, 0.3) is 10.2 Å². The minimum absolute atomic E-state index is 0.154. The minimum atomic E-state index is -0.406. The van der Waals surface area contributed by atoms with Crippen LogP contribution in [0.1, 0.15) is 5.56 Å². The van der Waals surface area contributed by atoms with E-state index in [2.05, 4.69) is 21.2 Å². The van der Waals surface area contributed by atoms with Gasteiger partial charge in [-0.15, -0.1) is 5.10 Å². The fourth-order valence-corrected chi connectivity index (χ4v) is 3.32. The topological polar surface area (TPSA) is 87.5 Å². The third kappa shape index (κ3) is 4.48. The minimum Gasteiger partial charge on any atom is -0.334 e. The number of fused-ring (bicyclic) bond motifs is 1. The Kier molecular flexibility index (Phi) is 5.65. The van der Waals surface area contributed by atoms with Crippen LogP contribution in [-0.2, 0) is 18.4 Å². The van der Waals surface area contributed by atoms with Gasteiger partial charge in [-0.25, -0.2) is 10.2 Å². The van der Waals surface area contributed by atoms with Gasteiger partial charge in [0.05, 0.1) is 10.2 Å². The number of thiazole rings is 1. The molecule has 2 aromatic carbocycles. The van der Waals surface area contributed by atoms with Crippen LogP contribution in [0, 0.1) is 0 Å². The van der Waals surface area contributed by atoms with Crippen molar-refractivity contribution in [3.8, 4) is 0 Å².